The Bertz CT molecular complexity index is 1560. The van der Waals surface area contributed by atoms with Crippen LogP contribution in [0, 0.1) is 0 Å². The van der Waals surface area contributed by atoms with E-state index in [-0.39, 0.29) is 0 Å². The molecule has 5 aromatic heterocycles. The molecule has 0 spiro atoms. The molecule has 0 unspecified atom stereocenters. The van der Waals surface area contributed by atoms with Gasteiger partial charge < -0.3 is 0 Å². The largest absolute Gasteiger partial charge is 0.259 e. The number of thiazole rings is 2. The first-order valence-corrected chi connectivity index (χ1v) is 12.0. The van der Waals surface area contributed by atoms with Crippen LogP contribution in [-0.2, 0) is 6.42 Å². The van der Waals surface area contributed by atoms with Crippen LogP contribution in [0.4, 0.5) is 5.69 Å². The quantitative estimate of drug-likeness (QED) is 0.317. The average molecular weight is 463 g/mol. The van der Waals surface area contributed by atoms with E-state index >= 15 is 0 Å². The van der Waals surface area contributed by atoms with Gasteiger partial charge in [-0.2, -0.15) is 0 Å². The maximum atomic E-state index is 4.87. The molecule has 7 rings (SSSR count). The summed E-state index contributed by atoms with van der Waals surface area (Å²) >= 11 is 3.19. The van der Waals surface area contributed by atoms with Crippen LogP contribution in [0.25, 0.3) is 41.8 Å². The minimum atomic E-state index is 0.710. The zero-order chi connectivity index (χ0) is 21.8. The Labute approximate surface area is 196 Å². The van der Waals surface area contributed by atoms with E-state index in [9.17, 15) is 0 Å². The Morgan fingerprint density at radius 1 is 0.636 bits per heavy atom. The van der Waals surface area contributed by atoms with Crippen molar-refractivity contribution in [3.63, 3.8) is 0 Å². The van der Waals surface area contributed by atoms with Gasteiger partial charge in [0.15, 0.2) is 0 Å². The summed E-state index contributed by atoms with van der Waals surface area (Å²) in [7, 11) is 0. The molecule has 33 heavy (non-hydrogen) atoms. The average Bonchev–Trinajstić information content (AvgIpc) is 3.59. The van der Waals surface area contributed by atoms with Crippen molar-refractivity contribution in [1.29, 1.82) is 0 Å². The highest BCUT2D eigenvalue weighted by Gasteiger charge is 2.20. The third-order valence-electron chi connectivity index (χ3n) is 5.55. The third-order valence-corrected chi connectivity index (χ3v) is 7.61. The van der Waals surface area contributed by atoms with E-state index < -0.39 is 0 Å². The van der Waals surface area contributed by atoms with Gasteiger partial charge in [0.05, 0.1) is 17.1 Å². The number of aromatic nitrogens is 5. The van der Waals surface area contributed by atoms with E-state index in [1.165, 1.54) is 0 Å². The predicted molar refractivity (Wildman–Crippen MR) is 133 cm³/mol. The number of aliphatic imine (C=N–C) groups is 1. The molecule has 0 amide bonds. The van der Waals surface area contributed by atoms with Gasteiger partial charge in [-0.3, -0.25) is 9.98 Å². The van der Waals surface area contributed by atoms with Crippen molar-refractivity contribution < 1.29 is 0 Å². The summed E-state index contributed by atoms with van der Waals surface area (Å²) < 4.78 is 0. The summed E-state index contributed by atoms with van der Waals surface area (Å²) in [5.74, 6) is 0. The van der Waals surface area contributed by atoms with Gasteiger partial charge in [0.25, 0.3) is 0 Å². The maximum absolute atomic E-state index is 4.87. The second-order valence-electron chi connectivity index (χ2n) is 7.70. The summed E-state index contributed by atoms with van der Waals surface area (Å²) in [4.78, 5) is 29.9. The second kappa shape index (κ2) is 7.33. The van der Waals surface area contributed by atoms with Crippen molar-refractivity contribution in [2.24, 2.45) is 4.99 Å². The smallest absolute Gasteiger partial charge is 0.143 e. The highest BCUT2D eigenvalue weighted by atomic mass is 32.1. The van der Waals surface area contributed by atoms with E-state index in [0.29, 0.717) is 6.42 Å². The lowest BCUT2D eigenvalue weighted by molar-refractivity contribution is 1.17. The summed E-state index contributed by atoms with van der Waals surface area (Å²) in [6, 6.07) is 18.2. The monoisotopic (exact) mass is 462 g/mol. The number of rotatable bonds is 3. The highest BCUT2D eigenvalue weighted by Crippen LogP contribution is 2.37. The van der Waals surface area contributed by atoms with E-state index in [1.807, 2.05) is 42.6 Å². The Balaban J connectivity index is 1.42. The standard InChI is InChI=1S/C25H14N6S2/c1-4-17-21(26-7-1)13-20(29-17)14-10-15(22-30-18-5-2-8-27-24(18)32-22)12-16(11-14)23-31-19-6-3-9-28-25(19)33-23/h1-12H,13H2. The molecule has 8 heteroatoms. The molecule has 0 aliphatic carbocycles. The van der Waals surface area contributed by atoms with Crippen molar-refractivity contribution in [3.8, 4) is 21.1 Å². The summed E-state index contributed by atoms with van der Waals surface area (Å²) in [6.07, 6.45) is 6.14. The molecule has 0 saturated carbocycles. The van der Waals surface area contributed by atoms with Gasteiger partial charge in [-0.1, -0.05) is 22.7 Å². The number of fused-ring (bicyclic) bond motifs is 3. The van der Waals surface area contributed by atoms with Crippen LogP contribution < -0.4 is 0 Å². The zero-order valence-electron chi connectivity index (χ0n) is 17.1. The molecule has 0 fully saturated rings. The second-order valence-corrected chi connectivity index (χ2v) is 9.65. The summed E-state index contributed by atoms with van der Waals surface area (Å²) in [5, 5.41) is 1.86. The van der Waals surface area contributed by atoms with Crippen molar-refractivity contribution in [3.05, 3.63) is 84.4 Å². The molecule has 6 nitrogen and oxygen atoms in total. The Morgan fingerprint density at radius 2 is 1.21 bits per heavy atom. The van der Waals surface area contributed by atoms with Crippen molar-refractivity contribution in [1.82, 2.24) is 24.9 Å². The molecule has 0 atom stereocenters. The molecule has 1 aliphatic heterocycles. The van der Waals surface area contributed by atoms with E-state index in [0.717, 1.165) is 64.5 Å². The lowest BCUT2D eigenvalue weighted by Crippen LogP contribution is -2.02. The van der Waals surface area contributed by atoms with Crippen LogP contribution in [0.2, 0.25) is 0 Å². The minimum absolute atomic E-state index is 0.710. The van der Waals surface area contributed by atoms with Gasteiger partial charge >= 0.3 is 0 Å². The molecular formula is C25H14N6S2. The van der Waals surface area contributed by atoms with E-state index in [1.54, 1.807) is 35.1 Å². The Kier molecular flexibility index (Phi) is 4.15. The first kappa shape index (κ1) is 18.7. The lowest BCUT2D eigenvalue weighted by Gasteiger charge is -2.07. The molecule has 156 valence electrons. The molecule has 0 N–H and O–H groups in total. The maximum Gasteiger partial charge on any atom is 0.143 e. The fourth-order valence-electron chi connectivity index (χ4n) is 4.01. The topological polar surface area (TPSA) is 76.8 Å². The first-order valence-electron chi connectivity index (χ1n) is 10.4. The molecule has 0 bridgehead atoms. The van der Waals surface area contributed by atoms with Crippen molar-refractivity contribution in [2.45, 2.75) is 6.42 Å². The van der Waals surface area contributed by atoms with Crippen LogP contribution >= 0.6 is 22.7 Å². The van der Waals surface area contributed by atoms with Crippen LogP contribution in [-0.4, -0.2) is 30.6 Å². The highest BCUT2D eigenvalue weighted by molar-refractivity contribution is 7.21. The lowest BCUT2D eigenvalue weighted by atomic mass is 10.0. The van der Waals surface area contributed by atoms with Gasteiger partial charge in [0, 0.05) is 36.1 Å². The van der Waals surface area contributed by atoms with Crippen LogP contribution in [0.3, 0.4) is 0 Å². The van der Waals surface area contributed by atoms with Crippen LogP contribution in [0.1, 0.15) is 11.3 Å². The molecule has 6 heterocycles. The fourth-order valence-corrected chi connectivity index (χ4v) is 5.79. The predicted octanol–water partition coefficient (Wildman–Crippen LogP) is 6.10. The zero-order valence-corrected chi connectivity index (χ0v) is 18.8. The summed E-state index contributed by atoms with van der Waals surface area (Å²) in [6.45, 7) is 0. The van der Waals surface area contributed by atoms with Gasteiger partial charge in [-0.05, 0) is 60.2 Å². The fraction of sp³-hybridized carbons (Fsp3) is 0.0400. The molecule has 1 aromatic carbocycles. The van der Waals surface area contributed by atoms with Crippen molar-refractivity contribution in [2.75, 3.05) is 0 Å². The number of pyridine rings is 3. The van der Waals surface area contributed by atoms with Gasteiger partial charge in [-0.25, -0.2) is 19.9 Å². The van der Waals surface area contributed by atoms with Gasteiger partial charge in [0.2, 0.25) is 0 Å². The number of nitrogens with zero attached hydrogens (tertiary/aromatic N) is 6. The van der Waals surface area contributed by atoms with Crippen LogP contribution in [0.15, 0.2) is 78.2 Å². The SMILES string of the molecule is c1cnc2c(c1)N=C(c1cc(-c3nc4cccnc4s3)cc(-c3nc4cccnc4s3)c1)C2. The first-order chi connectivity index (χ1) is 16.3. The molecule has 0 saturated heterocycles. The molecule has 6 aromatic rings. The van der Waals surface area contributed by atoms with E-state index in [2.05, 4.69) is 33.2 Å². The molecular weight excluding hydrogens is 448 g/mol. The minimum Gasteiger partial charge on any atom is -0.259 e. The normalized spacial score (nSPS) is 12.9. The summed E-state index contributed by atoms with van der Waals surface area (Å²) in [5.41, 5.74) is 7.88. The van der Waals surface area contributed by atoms with Gasteiger partial charge in [0.1, 0.15) is 30.7 Å². The molecule has 0 radical (unpaired) electrons. The Morgan fingerprint density at radius 3 is 1.82 bits per heavy atom. The molecule has 1 aliphatic rings. The Hall–Kier alpha value is -3.88. The van der Waals surface area contributed by atoms with Gasteiger partial charge in [-0.15, -0.1) is 0 Å². The number of benzene rings is 1. The third kappa shape index (κ3) is 3.23. The number of hydrogen-bond donors (Lipinski definition) is 0. The van der Waals surface area contributed by atoms with Crippen molar-refractivity contribution >= 4 is 54.8 Å². The number of hydrogen-bond acceptors (Lipinski definition) is 8. The van der Waals surface area contributed by atoms with E-state index in [4.69, 9.17) is 15.0 Å². The van der Waals surface area contributed by atoms with Crippen LogP contribution in [0.5, 0.6) is 0 Å².